The molecule has 3 heteroatoms. The third kappa shape index (κ3) is 2.76. The average Bonchev–Trinajstić information content (AvgIpc) is 2.46. The highest BCUT2D eigenvalue weighted by molar-refractivity contribution is 6.71. The number of ether oxygens (including phenoxy) is 2. The lowest BCUT2D eigenvalue weighted by molar-refractivity contribution is 0.216. The van der Waals surface area contributed by atoms with Gasteiger partial charge in [0.2, 0.25) is 0 Å². The van der Waals surface area contributed by atoms with E-state index < -0.39 is 8.80 Å². The molecule has 0 saturated carbocycles. The highest BCUT2D eigenvalue weighted by Crippen LogP contribution is 2.35. The van der Waals surface area contributed by atoms with Crippen molar-refractivity contribution in [2.45, 2.75) is 25.4 Å². The predicted octanol–water partition coefficient (Wildman–Crippen LogP) is 3.20. The van der Waals surface area contributed by atoms with E-state index in [0.717, 1.165) is 17.9 Å². The molecule has 0 heterocycles. The summed E-state index contributed by atoms with van der Waals surface area (Å²) in [4.78, 5) is 0. The van der Waals surface area contributed by atoms with Crippen molar-refractivity contribution in [2.24, 2.45) is 0 Å². The molecule has 0 amide bonds. The summed E-state index contributed by atoms with van der Waals surface area (Å²) in [5.74, 6) is 2.10. The van der Waals surface area contributed by atoms with Crippen molar-refractivity contribution in [3.8, 4) is 0 Å². The molecule has 1 aliphatic rings. The van der Waals surface area contributed by atoms with Crippen LogP contribution in [0.2, 0.25) is 13.1 Å². The maximum absolute atomic E-state index is 5.58. The van der Waals surface area contributed by atoms with Gasteiger partial charge in [-0.1, -0.05) is 42.5 Å². The lowest BCUT2D eigenvalue weighted by atomic mass is 9.90. The van der Waals surface area contributed by atoms with Crippen LogP contribution >= 0.6 is 0 Å². The van der Waals surface area contributed by atoms with E-state index in [-0.39, 0.29) is 5.92 Å². The van der Waals surface area contributed by atoms with Crippen molar-refractivity contribution in [2.75, 3.05) is 14.2 Å². The first-order valence-corrected chi connectivity index (χ1v) is 9.06. The molecule has 0 spiro atoms. The van der Waals surface area contributed by atoms with Crippen molar-refractivity contribution in [1.29, 1.82) is 0 Å². The van der Waals surface area contributed by atoms with Crippen LogP contribution in [-0.2, 0) is 9.47 Å². The summed E-state index contributed by atoms with van der Waals surface area (Å²) < 4.78 is 11.2. The van der Waals surface area contributed by atoms with Crippen molar-refractivity contribution in [3.63, 3.8) is 0 Å². The molecular weight excluding hydrogens is 252 g/mol. The number of allylic oxidation sites excluding steroid dienone is 2. The first-order valence-electron chi connectivity index (χ1n) is 6.56. The van der Waals surface area contributed by atoms with E-state index in [1.54, 1.807) is 14.2 Å². The fraction of sp³-hybridized carbons (Fsp3) is 0.375. The summed E-state index contributed by atoms with van der Waals surface area (Å²) in [6.07, 6.45) is 5.16. The molecule has 2 nitrogen and oxygen atoms in total. The number of benzene rings is 1. The van der Waals surface area contributed by atoms with Crippen LogP contribution < -0.4 is 5.19 Å². The average molecular weight is 273 g/mol. The monoisotopic (exact) mass is 273 g/mol. The Morgan fingerprint density at radius 1 is 1.00 bits per heavy atom. The Morgan fingerprint density at radius 2 is 1.58 bits per heavy atom. The van der Waals surface area contributed by atoms with Crippen LogP contribution in [-0.4, -0.2) is 23.0 Å². The van der Waals surface area contributed by atoms with E-state index in [1.807, 2.05) is 0 Å². The summed E-state index contributed by atoms with van der Waals surface area (Å²) >= 11 is 0. The maximum Gasteiger partial charge on any atom is 0.107 e. The fourth-order valence-electron chi connectivity index (χ4n) is 2.58. The van der Waals surface area contributed by atoms with Gasteiger partial charge < -0.3 is 9.47 Å². The van der Waals surface area contributed by atoms with Gasteiger partial charge in [-0.3, -0.25) is 0 Å². The molecule has 1 aromatic carbocycles. The van der Waals surface area contributed by atoms with Gasteiger partial charge in [-0.15, -0.1) is 0 Å². The van der Waals surface area contributed by atoms with Crippen LogP contribution in [0.4, 0.5) is 0 Å². The zero-order chi connectivity index (χ0) is 13.8. The van der Waals surface area contributed by atoms with Gasteiger partial charge in [0.05, 0.1) is 28.9 Å². The van der Waals surface area contributed by atoms with Gasteiger partial charge in [0, 0.05) is 0 Å². The summed E-state index contributed by atoms with van der Waals surface area (Å²) in [5.41, 5.74) is 1.32. The second-order valence-electron chi connectivity index (χ2n) is 4.88. The minimum absolute atomic E-state index is 0.111. The fourth-order valence-corrected chi connectivity index (χ4v) is 3.81. The molecule has 19 heavy (non-hydrogen) atoms. The lowest BCUT2D eigenvalue weighted by Crippen LogP contribution is -2.30. The van der Waals surface area contributed by atoms with Gasteiger partial charge in [-0.2, -0.15) is 0 Å². The number of hydrogen-bond donors (Lipinski definition) is 0. The van der Waals surface area contributed by atoms with Crippen molar-refractivity contribution >= 4 is 14.0 Å². The van der Waals surface area contributed by atoms with E-state index in [9.17, 15) is 0 Å². The van der Waals surface area contributed by atoms with Gasteiger partial charge in [0.1, 0.15) is 11.5 Å². The molecule has 0 aromatic heterocycles. The Balaban J connectivity index is 2.50. The SMILES string of the molecule is COC1=CCC=C(OC)C1c1ccccc1[Si](C)C. The second kappa shape index (κ2) is 6.11. The van der Waals surface area contributed by atoms with Crippen LogP contribution in [0.3, 0.4) is 0 Å². The predicted molar refractivity (Wildman–Crippen MR) is 81.1 cm³/mol. The zero-order valence-corrected chi connectivity index (χ0v) is 13.1. The molecule has 1 aromatic rings. The molecule has 0 unspecified atom stereocenters. The number of hydrogen-bond acceptors (Lipinski definition) is 2. The van der Waals surface area contributed by atoms with Gasteiger partial charge in [-0.05, 0) is 24.1 Å². The topological polar surface area (TPSA) is 18.5 Å². The first kappa shape index (κ1) is 13.9. The standard InChI is InChI=1S/C16H21O2Si/c1-17-13-9-7-10-14(18-2)16(13)12-8-5-6-11-15(12)19(3)4/h5-6,8-11,16H,7H2,1-4H3. The molecule has 1 aliphatic carbocycles. The Kier molecular flexibility index (Phi) is 4.48. The second-order valence-corrected chi connectivity index (χ2v) is 7.42. The smallest absolute Gasteiger partial charge is 0.107 e. The van der Waals surface area contributed by atoms with Crippen molar-refractivity contribution < 1.29 is 9.47 Å². The molecule has 0 fully saturated rings. The minimum Gasteiger partial charge on any atom is -0.500 e. The summed E-state index contributed by atoms with van der Waals surface area (Å²) in [5, 5.41) is 1.45. The van der Waals surface area contributed by atoms with E-state index in [4.69, 9.17) is 9.47 Å². The summed E-state index contributed by atoms with van der Waals surface area (Å²) in [7, 11) is 2.96. The lowest BCUT2D eigenvalue weighted by Gasteiger charge is -2.27. The van der Waals surface area contributed by atoms with Gasteiger partial charge in [0.25, 0.3) is 0 Å². The third-order valence-electron chi connectivity index (χ3n) is 3.49. The molecule has 1 radical (unpaired) electrons. The van der Waals surface area contributed by atoms with E-state index in [1.165, 1.54) is 10.8 Å². The molecule has 0 atom stereocenters. The number of rotatable bonds is 4. The van der Waals surface area contributed by atoms with Gasteiger partial charge >= 0.3 is 0 Å². The van der Waals surface area contributed by atoms with Crippen LogP contribution in [0.5, 0.6) is 0 Å². The summed E-state index contributed by atoms with van der Waals surface area (Å²) in [6, 6.07) is 8.64. The Morgan fingerprint density at radius 3 is 2.11 bits per heavy atom. The first-order chi connectivity index (χ1) is 9.19. The Hall–Kier alpha value is -1.48. The Bertz CT molecular complexity index is 483. The quantitative estimate of drug-likeness (QED) is 0.784. The molecule has 2 rings (SSSR count). The van der Waals surface area contributed by atoms with E-state index in [2.05, 4.69) is 49.5 Å². The highest BCUT2D eigenvalue weighted by Gasteiger charge is 2.28. The zero-order valence-electron chi connectivity index (χ0n) is 12.1. The van der Waals surface area contributed by atoms with E-state index >= 15 is 0 Å². The normalized spacial score (nSPS) is 16.1. The van der Waals surface area contributed by atoms with Crippen molar-refractivity contribution in [1.82, 2.24) is 0 Å². The van der Waals surface area contributed by atoms with Crippen LogP contribution in [0.25, 0.3) is 0 Å². The molecule has 101 valence electrons. The molecular formula is C16H21O2Si. The minimum atomic E-state index is -0.518. The highest BCUT2D eigenvalue weighted by atomic mass is 28.3. The Labute approximate surface area is 117 Å². The van der Waals surface area contributed by atoms with Crippen LogP contribution in [0.1, 0.15) is 17.9 Å². The molecule has 0 N–H and O–H groups in total. The third-order valence-corrected chi connectivity index (χ3v) is 5.02. The van der Waals surface area contributed by atoms with Gasteiger partial charge in [-0.25, -0.2) is 0 Å². The van der Waals surface area contributed by atoms with Crippen molar-refractivity contribution in [3.05, 3.63) is 53.5 Å². The van der Waals surface area contributed by atoms with Crippen LogP contribution in [0.15, 0.2) is 47.9 Å². The van der Waals surface area contributed by atoms with E-state index in [0.29, 0.717) is 0 Å². The largest absolute Gasteiger partial charge is 0.500 e. The molecule has 0 aliphatic heterocycles. The summed E-state index contributed by atoms with van der Waals surface area (Å²) in [6.45, 7) is 4.64. The molecule has 0 saturated heterocycles. The molecule has 0 bridgehead atoms. The maximum atomic E-state index is 5.58. The van der Waals surface area contributed by atoms with Gasteiger partial charge in [0.15, 0.2) is 0 Å². The van der Waals surface area contributed by atoms with Crippen LogP contribution in [0, 0.1) is 0 Å². The number of methoxy groups -OCH3 is 2.